The Morgan fingerprint density at radius 3 is 2.07 bits per heavy atom. The van der Waals surface area contributed by atoms with Crippen molar-refractivity contribution in [2.75, 3.05) is 26.2 Å². The summed E-state index contributed by atoms with van der Waals surface area (Å²) in [5.74, 6) is 0.178. The highest BCUT2D eigenvalue weighted by Crippen LogP contribution is 2.09. The molecule has 0 unspecified atom stereocenters. The van der Waals surface area contributed by atoms with Crippen LogP contribution >= 0.6 is 0 Å². The van der Waals surface area contributed by atoms with Crippen molar-refractivity contribution in [2.24, 2.45) is 0 Å². The van der Waals surface area contributed by atoms with Crippen LogP contribution in [0.1, 0.15) is 40.0 Å². The Hall–Kier alpha value is -0.630. The molecule has 0 aromatic heterocycles. The van der Waals surface area contributed by atoms with Gasteiger partial charge >= 0.3 is 0 Å². The van der Waals surface area contributed by atoms with Crippen molar-refractivity contribution in [3.8, 4) is 0 Å². The minimum absolute atomic E-state index is 0.178. The van der Waals surface area contributed by atoms with E-state index in [0.29, 0.717) is 6.42 Å². The van der Waals surface area contributed by atoms with E-state index in [4.69, 9.17) is 0 Å². The van der Waals surface area contributed by atoms with E-state index in [0.717, 1.165) is 12.8 Å². The third kappa shape index (κ3) is 5.12. The van der Waals surface area contributed by atoms with Crippen molar-refractivity contribution in [1.29, 1.82) is 0 Å². The van der Waals surface area contributed by atoms with Crippen LogP contribution in [0.15, 0.2) is 12.7 Å². The number of hydrogen-bond donors (Lipinski definition) is 0. The minimum atomic E-state index is 0.178. The van der Waals surface area contributed by atoms with Gasteiger partial charge in [0.1, 0.15) is 0 Å². The maximum Gasteiger partial charge on any atom is 0.155 e. The van der Waals surface area contributed by atoms with Crippen LogP contribution in [0.5, 0.6) is 0 Å². The second kappa shape index (κ2) is 7.63. The maximum atomic E-state index is 11.0. The Bertz CT molecular complexity index is 186. The highest BCUT2D eigenvalue weighted by atomic mass is 16.1. The average Bonchev–Trinajstić information content (AvgIpc) is 2.30. The predicted octanol–water partition coefficient (Wildman–Crippen LogP) is 2.79. The first kappa shape index (κ1) is 14.4. The summed E-state index contributed by atoms with van der Waals surface area (Å²) in [5, 5.41) is 0. The van der Waals surface area contributed by atoms with Crippen LogP contribution in [0, 0.1) is 0 Å². The molecule has 0 aromatic carbocycles. The van der Waals surface area contributed by atoms with Gasteiger partial charge in [-0.1, -0.05) is 6.58 Å². The summed E-state index contributed by atoms with van der Waals surface area (Å²) in [4.78, 5) is 11.0. The fourth-order valence-corrected chi connectivity index (χ4v) is 1.99. The summed E-state index contributed by atoms with van der Waals surface area (Å²) in [6, 6.07) is 0. The SMILES string of the molecule is C=CC(=O)CCCC[N+](CC)(CC)CC. The van der Waals surface area contributed by atoms with Gasteiger partial charge < -0.3 is 4.48 Å². The molecule has 0 saturated heterocycles. The molecule has 0 bridgehead atoms. The van der Waals surface area contributed by atoms with Gasteiger partial charge in [-0.15, -0.1) is 0 Å². The number of unbranched alkanes of at least 4 members (excludes halogenated alkanes) is 1. The van der Waals surface area contributed by atoms with E-state index >= 15 is 0 Å². The zero-order chi connectivity index (χ0) is 11.7. The average molecular weight is 212 g/mol. The van der Waals surface area contributed by atoms with Crippen molar-refractivity contribution >= 4 is 5.78 Å². The molecule has 0 aliphatic rings. The number of hydrogen-bond acceptors (Lipinski definition) is 1. The molecular formula is C13H26NO+. The summed E-state index contributed by atoms with van der Waals surface area (Å²) in [5.41, 5.74) is 0. The van der Waals surface area contributed by atoms with Crippen molar-refractivity contribution in [3.63, 3.8) is 0 Å². The maximum absolute atomic E-state index is 11.0. The van der Waals surface area contributed by atoms with E-state index in [2.05, 4.69) is 27.4 Å². The standard InChI is InChI=1S/C13H26NO/c1-5-13(15)11-9-10-12-14(6-2,7-3)8-4/h5H,1,6-12H2,2-4H3/q+1. The lowest BCUT2D eigenvalue weighted by Crippen LogP contribution is -2.48. The smallest absolute Gasteiger partial charge is 0.155 e. The van der Waals surface area contributed by atoms with Crippen LogP contribution in [0.3, 0.4) is 0 Å². The lowest BCUT2D eigenvalue weighted by molar-refractivity contribution is -0.923. The Morgan fingerprint density at radius 2 is 1.67 bits per heavy atom. The van der Waals surface area contributed by atoms with Crippen LogP contribution in [0.4, 0.5) is 0 Å². The molecule has 0 saturated carbocycles. The summed E-state index contributed by atoms with van der Waals surface area (Å²) >= 11 is 0. The normalized spacial score (nSPS) is 11.4. The van der Waals surface area contributed by atoms with Gasteiger partial charge in [-0.05, 0) is 39.7 Å². The molecule has 2 nitrogen and oxygen atoms in total. The number of ketones is 1. The molecule has 0 amide bonds. The zero-order valence-electron chi connectivity index (χ0n) is 10.6. The van der Waals surface area contributed by atoms with E-state index in [9.17, 15) is 4.79 Å². The highest BCUT2D eigenvalue weighted by Gasteiger charge is 2.19. The Labute approximate surface area is 94.6 Å². The van der Waals surface area contributed by atoms with Crippen LogP contribution in [-0.4, -0.2) is 36.4 Å². The molecule has 0 radical (unpaired) electrons. The Kier molecular flexibility index (Phi) is 7.31. The van der Waals surface area contributed by atoms with Gasteiger partial charge in [0.2, 0.25) is 0 Å². The molecule has 0 aromatic rings. The number of carbonyl (C=O) groups excluding carboxylic acids is 1. The number of nitrogens with zero attached hydrogens (tertiary/aromatic N) is 1. The fourth-order valence-electron chi connectivity index (χ4n) is 1.99. The Balaban J connectivity index is 3.81. The molecule has 0 rings (SSSR count). The van der Waals surface area contributed by atoms with Crippen molar-refractivity contribution in [2.45, 2.75) is 40.0 Å². The lowest BCUT2D eigenvalue weighted by atomic mass is 10.1. The molecule has 0 spiro atoms. The topological polar surface area (TPSA) is 17.1 Å². The molecule has 0 heterocycles. The number of quaternary nitrogens is 1. The number of allylic oxidation sites excluding steroid dienone is 1. The van der Waals surface area contributed by atoms with Gasteiger partial charge in [-0.2, -0.15) is 0 Å². The molecule has 0 fully saturated rings. The predicted molar refractivity (Wildman–Crippen MR) is 65.8 cm³/mol. The second-order valence-corrected chi connectivity index (χ2v) is 4.14. The van der Waals surface area contributed by atoms with Gasteiger partial charge in [-0.3, -0.25) is 4.79 Å². The minimum Gasteiger partial charge on any atom is -0.324 e. The third-order valence-corrected chi connectivity index (χ3v) is 3.55. The zero-order valence-corrected chi connectivity index (χ0v) is 10.6. The summed E-state index contributed by atoms with van der Waals surface area (Å²) in [7, 11) is 0. The third-order valence-electron chi connectivity index (χ3n) is 3.55. The highest BCUT2D eigenvalue weighted by molar-refractivity contribution is 5.88. The first-order valence-electron chi connectivity index (χ1n) is 6.14. The van der Waals surface area contributed by atoms with Crippen LogP contribution in [0.25, 0.3) is 0 Å². The molecule has 0 aliphatic heterocycles. The van der Waals surface area contributed by atoms with Crippen molar-refractivity contribution in [3.05, 3.63) is 12.7 Å². The van der Waals surface area contributed by atoms with Gasteiger partial charge in [0.25, 0.3) is 0 Å². The van der Waals surface area contributed by atoms with E-state index in [1.165, 1.54) is 36.7 Å². The van der Waals surface area contributed by atoms with Crippen LogP contribution in [-0.2, 0) is 4.79 Å². The fraction of sp³-hybridized carbons (Fsp3) is 0.769. The molecule has 2 heteroatoms. The van der Waals surface area contributed by atoms with E-state index < -0.39 is 0 Å². The first-order valence-corrected chi connectivity index (χ1v) is 6.14. The van der Waals surface area contributed by atoms with E-state index in [-0.39, 0.29) is 5.78 Å². The monoisotopic (exact) mass is 212 g/mol. The number of rotatable bonds is 9. The van der Waals surface area contributed by atoms with E-state index in [1.807, 2.05) is 0 Å². The molecule has 15 heavy (non-hydrogen) atoms. The lowest BCUT2D eigenvalue weighted by Gasteiger charge is -2.35. The first-order chi connectivity index (χ1) is 7.14. The van der Waals surface area contributed by atoms with Crippen LogP contribution in [0.2, 0.25) is 0 Å². The molecular weight excluding hydrogens is 186 g/mol. The van der Waals surface area contributed by atoms with Crippen molar-refractivity contribution < 1.29 is 9.28 Å². The van der Waals surface area contributed by atoms with Crippen molar-refractivity contribution in [1.82, 2.24) is 0 Å². The summed E-state index contributed by atoms with van der Waals surface area (Å²) in [6.45, 7) is 15.0. The van der Waals surface area contributed by atoms with E-state index in [1.54, 1.807) is 0 Å². The second-order valence-electron chi connectivity index (χ2n) is 4.14. The Morgan fingerprint density at radius 1 is 1.13 bits per heavy atom. The summed E-state index contributed by atoms with van der Waals surface area (Å²) < 4.78 is 1.18. The number of carbonyl (C=O) groups is 1. The van der Waals surface area contributed by atoms with Gasteiger partial charge in [0.05, 0.1) is 26.2 Å². The van der Waals surface area contributed by atoms with Gasteiger partial charge in [-0.25, -0.2) is 0 Å². The van der Waals surface area contributed by atoms with Gasteiger partial charge in [0, 0.05) is 6.42 Å². The molecule has 0 N–H and O–H groups in total. The van der Waals surface area contributed by atoms with Gasteiger partial charge in [0.15, 0.2) is 5.78 Å². The summed E-state index contributed by atoms with van der Waals surface area (Å²) in [6.07, 6.45) is 4.25. The largest absolute Gasteiger partial charge is 0.324 e. The molecule has 88 valence electrons. The molecule has 0 atom stereocenters. The quantitative estimate of drug-likeness (QED) is 0.326. The van der Waals surface area contributed by atoms with Crippen LogP contribution < -0.4 is 0 Å². The molecule has 0 aliphatic carbocycles.